The Hall–Kier alpha value is -7.17. The second-order valence-electron chi connectivity index (χ2n) is 13.5. The Bertz CT molecular complexity index is 2350. The van der Waals surface area contributed by atoms with Crippen molar-refractivity contribution in [3.63, 3.8) is 0 Å². The number of hydrogen-bond donors (Lipinski definition) is 11. The van der Waals surface area contributed by atoms with E-state index in [1.54, 1.807) is 6.07 Å². The molecule has 0 bridgehead atoms. The number of Topliss-reactive ketones (excluding diaryl/α,β-unsaturated/α-hetero) is 1. The van der Waals surface area contributed by atoms with Crippen molar-refractivity contribution in [2.45, 2.75) is 77.1 Å². The van der Waals surface area contributed by atoms with Crippen molar-refractivity contribution in [3.05, 3.63) is 70.4 Å². The van der Waals surface area contributed by atoms with E-state index in [1.807, 2.05) is 0 Å². The molecular formula is C40H45N5O16S. The highest BCUT2D eigenvalue weighted by Gasteiger charge is 2.25. The lowest BCUT2D eigenvalue weighted by molar-refractivity contribution is -0.284. The van der Waals surface area contributed by atoms with Gasteiger partial charge in [-0.2, -0.15) is 0 Å². The number of benzene rings is 3. The topological polar surface area (TPSA) is 340 Å². The zero-order chi connectivity index (χ0) is 44.8. The summed E-state index contributed by atoms with van der Waals surface area (Å²) < 4.78 is 5.84. The van der Waals surface area contributed by atoms with Gasteiger partial charge in [-0.25, -0.2) is 29.3 Å². The number of fused-ring (bicyclic) bond motifs is 2. The number of carbonyl (C=O) groups is 7. The lowest BCUT2D eigenvalue weighted by Crippen LogP contribution is -2.49. The van der Waals surface area contributed by atoms with Gasteiger partial charge in [-0.15, -0.1) is 0 Å². The average Bonchev–Trinajstić information content (AvgIpc) is 3.19. The number of rotatable bonds is 22. The minimum Gasteiger partial charge on any atom is -0.508 e. The van der Waals surface area contributed by atoms with E-state index in [1.165, 1.54) is 48.5 Å². The second-order valence-corrected chi connectivity index (χ2v) is 13.9. The molecule has 0 radical (unpaired) electrons. The number of phenolic OH excluding ortho intramolecular Hbond substituents is 1. The molecule has 22 heteroatoms. The van der Waals surface area contributed by atoms with Crippen LogP contribution in [0.2, 0.25) is 0 Å². The zero-order valence-electron chi connectivity index (χ0n) is 32.0. The van der Waals surface area contributed by atoms with Gasteiger partial charge in [-0.1, -0.05) is 13.5 Å². The molecule has 0 aromatic heterocycles. The Kier molecular flexibility index (Phi) is 18.2. The Balaban J connectivity index is 0.0000102. The summed E-state index contributed by atoms with van der Waals surface area (Å²) in [5.41, 5.74) is 0.945. The van der Waals surface area contributed by atoms with Gasteiger partial charge in [-0.3, -0.25) is 19.2 Å². The second kappa shape index (κ2) is 23.0. The van der Waals surface area contributed by atoms with Crippen LogP contribution in [0.1, 0.15) is 69.2 Å². The first-order chi connectivity index (χ1) is 28.9. The standard InChI is InChI=1S/C39H41N5O16S.CH4/c45-20(6-10-27(36(53)54)42-38(57)44-32(60-58)13-14-33(49)50)2-1-15-40-31(48)12-11-28(37(55)56)43-39(61)41-19-3-7-23(26(16-19)35(51)52)34-24-8-4-21(46)17-29(24)59-30-18-22(47)5-9-25(30)34;/h3-5,7-9,16-18,27-28,32,46,58H,1-2,6,10-15H2,(H,40,48)(H,49,50)(H,51,52)(H,53,54)(H,55,56)(H2,41,43,61)(H2,42,44,57);1H4/t27-,28-,32+;/m0./s1. The number of hydrogen-bond acceptors (Lipinski definition) is 13. The molecular weight excluding hydrogens is 839 g/mol. The van der Waals surface area contributed by atoms with Gasteiger partial charge in [0.2, 0.25) is 5.91 Å². The van der Waals surface area contributed by atoms with Crippen LogP contribution in [-0.2, 0) is 28.9 Å². The van der Waals surface area contributed by atoms with Crippen LogP contribution >= 0.6 is 12.2 Å². The number of thiocarbonyl (C=S) groups is 1. The lowest BCUT2D eigenvalue weighted by atomic mass is 9.90. The van der Waals surface area contributed by atoms with E-state index in [2.05, 4.69) is 31.5 Å². The van der Waals surface area contributed by atoms with Gasteiger partial charge in [0.1, 0.15) is 35.0 Å². The highest BCUT2D eigenvalue weighted by molar-refractivity contribution is 7.80. The van der Waals surface area contributed by atoms with Gasteiger partial charge in [0.15, 0.2) is 16.8 Å². The van der Waals surface area contributed by atoms with E-state index >= 15 is 0 Å². The minimum atomic E-state index is -1.50. The molecule has 2 aromatic carbocycles. The molecule has 332 valence electrons. The molecule has 3 amide bonds. The fourth-order valence-electron chi connectivity index (χ4n) is 6.07. The van der Waals surface area contributed by atoms with Crippen molar-refractivity contribution in [1.29, 1.82) is 0 Å². The first kappa shape index (κ1) is 49.2. The number of nitrogens with one attached hydrogen (secondary N) is 5. The highest BCUT2D eigenvalue weighted by atomic mass is 32.1. The SMILES string of the molecule is C.O=C(O)CC[C@H](NC(=O)N[C@@H](CCC(=O)CCCNC(=O)CC[C@H](NC(=S)Nc1ccc(-c2c3ccc(=O)cc-3oc3cc(O)ccc23)c(C(=O)O)c1)C(=O)O)C(=O)O)OO. The number of carboxylic acid groups (broad SMARTS) is 4. The van der Waals surface area contributed by atoms with E-state index in [0.717, 1.165) is 0 Å². The third kappa shape index (κ3) is 14.2. The number of urea groups is 1. The van der Waals surface area contributed by atoms with Gasteiger partial charge in [-0.05, 0) is 73.4 Å². The number of phenols is 1. The number of carbonyl (C=O) groups excluding carboxylic acids is 3. The van der Waals surface area contributed by atoms with Gasteiger partial charge in [0, 0.05) is 73.0 Å². The Morgan fingerprint density at radius 3 is 2.10 bits per heavy atom. The molecule has 2 aromatic rings. The predicted molar refractivity (Wildman–Crippen MR) is 224 cm³/mol. The third-order valence-corrected chi connectivity index (χ3v) is 9.25. The fourth-order valence-corrected chi connectivity index (χ4v) is 6.33. The van der Waals surface area contributed by atoms with Gasteiger partial charge < -0.3 is 56.5 Å². The van der Waals surface area contributed by atoms with Gasteiger partial charge in [0.05, 0.1) is 5.56 Å². The smallest absolute Gasteiger partial charge is 0.336 e. The van der Waals surface area contributed by atoms with Crippen LogP contribution in [0.3, 0.4) is 0 Å². The summed E-state index contributed by atoms with van der Waals surface area (Å²) in [6.07, 6.45) is -3.11. The maximum absolute atomic E-state index is 12.6. The predicted octanol–water partition coefficient (Wildman–Crippen LogP) is 3.80. The summed E-state index contributed by atoms with van der Waals surface area (Å²) in [7, 11) is 0. The van der Waals surface area contributed by atoms with Crippen LogP contribution in [0.15, 0.2) is 63.8 Å². The van der Waals surface area contributed by atoms with Gasteiger partial charge in [0.25, 0.3) is 0 Å². The molecule has 62 heavy (non-hydrogen) atoms. The van der Waals surface area contributed by atoms with E-state index in [9.17, 15) is 58.8 Å². The summed E-state index contributed by atoms with van der Waals surface area (Å²) in [6, 6.07) is 8.71. The van der Waals surface area contributed by atoms with Crippen LogP contribution in [0.4, 0.5) is 10.5 Å². The lowest BCUT2D eigenvalue weighted by Gasteiger charge is -2.19. The van der Waals surface area contributed by atoms with Crippen LogP contribution in [0, 0.1) is 0 Å². The van der Waals surface area contributed by atoms with Crippen molar-refractivity contribution in [2.75, 3.05) is 11.9 Å². The molecule has 0 saturated heterocycles. The molecule has 0 saturated carbocycles. The fraction of sp³-hybridized carbons (Fsp3) is 0.325. The molecule has 2 aliphatic rings. The van der Waals surface area contributed by atoms with Crippen molar-refractivity contribution < 1.29 is 73.7 Å². The number of aromatic carboxylic acids is 1. The molecule has 0 fully saturated rings. The molecule has 1 aliphatic carbocycles. The van der Waals surface area contributed by atoms with Crippen molar-refractivity contribution >= 4 is 75.6 Å². The number of amides is 3. The highest BCUT2D eigenvalue weighted by Crippen LogP contribution is 2.42. The van der Waals surface area contributed by atoms with Crippen LogP contribution in [0.25, 0.3) is 33.4 Å². The van der Waals surface area contributed by atoms with Crippen molar-refractivity contribution in [1.82, 2.24) is 21.3 Å². The van der Waals surface area contributed by atoms with Crippen LogP contribution in [-0.4, -0.2) is 102 Å². The first-order valence-electron chi connectivity index (χ1n) is 18.4. The number of anilines is 1. The van der Waals surface area contributed by atoms with Crippen LogP contribution < -0.4 is 32.0 Å². The van der Waals surface area contributed by atoms with E-state index < -0.39 is 60.5 Å². The molecule has 1 heterocycles. The molecule has 1 aliphatic heterocycles. The van der Waals surface area contributed by atoms with E-state index in [4.69, 9.17) is 27.0 Å². The summed E-state index contributed by atoms with van der Waals surface area (Å²) >= 11 is 5.30. The van der Waals surface area contributed by atoms with E-state index in [0.29, 0.717) is 16.5 Å². The summed E-state index contributed by atoms with van der Waals surface area (Å²) in [5.74, 6) is -6.19. The maximum Gasteiger partial charge on any atom is 0.336 e. The van der Waals surface area contributed by atoms with Crippen molar-refractivity contribution in [3.8, 4) is 28.2 Å². The van der Waals surface area contributed by atoms with E-state index in [-0.39, 0.29) is 109 Å². The number of aliphatic carboxylic acids is 3. The first-order valence-corrected chi connectivity index (χ1v) is 18.8. The number of carboxylic acids is 4. The minimum absolute atomic E-state index is 0. The number of ketones is 1. The summed E-state index contributed by atoms with van der Waals surface area (Å²) in [6.45, 7) is 0.0327. The normalized spacial score (nSPS) is 12.2. The quantitative estimate of drug-likeness (QED) is 0.0133. The van der Waals surface area contributed by atoms with Gasteiger partial charge >= 0.3 is 29.9 Å². The Morgan fingerprint density at radius 1 is 0.758 bits per heavy atom. The Morgan fingerprint density at radius 2 is 1.44 bits per heavy atom. The summed E-state index contributed by atoms with van der Waals surface area (Å²) in [4.78, 5) is 99.8. The van der Waals surface area contributed by atoms with Crippen LogP contribution in [0.5, 0.6) is 5.75 Å². The largest absolute Gasteiger partial charge is 0.508 e. The Labute approximate surface area is 357 Å². The number of aromatic hydroxyl groups is 1. The molecule has 21 nitrogen and oxygen atoms in total. The molecule has 4 rings (SSSR count). The van der Waals surface area contributed by atoms with Crippen molar-refractivity contribution in [2.24, 2.45) is 0 Å². The summed E-state index contributed by atoms with van der Waals surface area (Å²) in [5, 5.41) is 69.3. The monoisotopic (exact) mass is 883 g/mol. The molecule has 3 atom stereocenters. The zero-order valence-corrected chi connectivity index (χ0v) is 32.8. The molecule has 11 N–H and O–H groups in total. The third-order valence-electron chi connectivity index (χ3n) is 9.03. The average molecular weight is 884 g/mol. The molecule has 0 spiro atoms. The molecule has 0 unspecified atom stereocenters. The maximum atomic E-state index is 12.6.